The first-order valence-electron chi connectivity index (χ1n) is 8.26. The molecule has 0 amide bonds. The fourth-order valence-electron chi connectivity index (χ4n) is 2.97. The summed E-state index contributed by atoms with van der Waals surface area (Å²) in [6.45, 7) is 1.62. The molecule has 6 heteroatoms. The zero-order valence-corrected chi connectivity index (χ0v) is 14.6. The maximum atomic E-state index is 13.8. The highest BCUT2D eigenvalue weighted by Gasteiger charge is 2.36. The van der Waals surface area contributed by atoms with Crippen LogP contribution in [0.3, 0.4) is 0 Å². The van der Waals surface area contributed by atoms with Crippen molar-refractivity contribution in [2.75, 3.05) is 0 Å². The summed E-state index contributed by atoms with van der Waals surface area (Å²) in [4.78, 5) is 12.8. The van der Waals surface area contributed by atoms with Gasteiger partial charge in [-0.15, -0.1) is 0 Å². The fourth-order valence-corrected chi connectivity index (χ4v) is 2.97. The molecule has 5 nitrogen and oxygen atoms in total. The van der Waals surface area contributed by atoms with E-state index in [4.69, 9.17) is 15.2 Å². The van der Waals surface area contributed by atoms with Crippen LogP contribution in [0.4, 0.5) is 4.39 Å². The fraction of sp³-hybridized carbons (Fsp3) is 0.143. The molecular formula is C21H17FN2O3. The first kappa shape index (κ1) is 18.2. The van der Waals surface area contributed by atoms with Gasteiger partial charge in [0.15, 0.2) is 0 Å². The van der Waals surface area contributed by atoms with Crippen molar-refractivity contribution in [1.29, 1.82) is 5.26 Å². The number of esters is 1. The lowest BCUT2D eigenvalue weighted by Crippen LogP contribution is -2.25. The average Bonchev–Trinajstić information content (AvgIpc) is 2.66. The van der Waals surface area contributed by atoms with Crippen molar-refractivity contribution in [1.82, 2.24) is 0 Å². The first-order chi connectivity index (χ1) is 13.0. The summed E-state index contributed by atoms with van der Waals surface area (Å²) >= 11 is 0. The summed E-state index contributed by atoms with van der Waals surface area (Å²) in [6, 6.07) is 16.8. The molecule has 1 atom stereocenters. The Morgan fingerprint density at radius 3 is 2.67 bits per heavy atom. The lowest BCUT2D eigenvalue weighted by Gasteiger charge is -2.27. The molecule has 2 aromatic carbocycles. The molecule has 1 aliphatic heterocycles. The van der Waals surface area contributed by atoms with Gasteiger partial charge in [-0.05, 0) is 30.2 Å². The standard InChI is InChI=1S/C21H17FN2O3/c1-13-18(21(25)26-12-14-6-3-2-4-7-14)19(17(11-23)20(24)27-13)15-8-5-9-16(22)10-15/h2-10,19H,12,24H2,1H3/t19-/m0/s1. The van der Waals surface area contributed by atoms with E-state index in [0.717, 1.165) is 5.56 Å². The van der Waals surface area contributed by atoms with Crippen LogP contribution in [-0.2, 0) is 20.9 Å². The molecule has 2 aromatic rings. The maximum absolute atomic E-state index is 13.8. The van der Waals surface area contributed by atoms with Gasteiger partial charge in [0.25, 0.3) is 0 Å². The number of nitrogens with two attached hydrogens (primary N) is 1. The Morgan fingerprint density at radius 1 is 1.26 bits per heavy atom. The molecule has 0 fully saturated rings. The summed E-state index contributed by atoms with van der Waals surface area (Å²) in [5.74, 6) is -1.87. The third-order valence-corrected chi connectivity index (χ3v) is 4.22. The predicted octanol–water partition coefficient (Wildman–Crippen LogP) is 3.65. The Hall–Kier alpha value is -3.59. The van der Waals surface area contributed by atoms with Gasteiger partial charge in [0.1, 0.15) is 29.8 Å². The highest BCUT2D eigenvalue weighted by atomic mass is 19.1. The van der Waals surface area contributed by atoms with Crippen LogP contribution < -0.4 is 5.73 Å². The smallest absolute Gasteiger partial charge is 0.338 e. The molecule has 0 saturated carbocycles. The molecule has 0 saturated heterocycles. The van der Waals surface area contributed by atoms with Crippen LogP contribution in [0.25, 0.3) is 0 Å². The van der Waals surface area contributed by atoms with Gasteiger partial charge in [-0.25, -0.2) is 9.18 Å². The monoisotopic (exact) mass is 364 g/mol. The van der Waals surface area contributed by atoms with Crippen molar-refractivity contribution < 1.29 is 18.7 Å². The number of halogens is 1. The van der Waals surface area contributed by atoms with Gasteiger partial charge in [0, 0.05) is 0 Å². The van der Waals surface area contributed by atoms with Crippen molar-refractivity contribution >= 4 is 5.97 Å². The van der Waals surface area contributed by atoms with Crippen LogP contribution in [0.15, 0.2) is 77.4 Å². The number of hydrogen-bond donors (Lipinski definition) is 1. The molecular weight excluding hydrogens is 347 g/mol. The molecule has 0 spiro atoms. The van der Waals surface area contributed by atoms with Crippen molar-refractivity contribution in [3.05, 3.63) is 94.3 Å². The molecule has 136 valence electrons. The summed E-state index contributed by atoms with van der Waals surface area (Å²) in [5.41, 5.74) is 7.23. The van der Waals surface area contributed by atoms with E-state index in [1.165, 1.54) is 18.2 Å². The van der Waals surface area contributed by atoms with Gasteiger partial charge in [0.2, 0.25) is 5.88 Å². The van der Waals surface area contributed by atoms with E-state index in [1.54, 1.807) is 13.0 Å². The van der Waals surface area contributed by atoms with Crippen LogP contribution in [0.2, 0.25) is 0 Å². The van der Waals surface area contributed by atoms with Gasteiger partial charge >= 0.3 is 5.97 Å². The molecule has 0 aromatic heterocycles. The van der Waals surface area contributed by atoms with E-state index in [-0.39, 0.29) is 29.4 Å². The maximum Gasteiger partial charge on any atom is 0.338 e. The van der Waals surface area contributed by atoms with Crippen LogP contribution in [0, 0.1) is 17.1 Å². The Bertz CT molecular complexity index is 974. The van der Waals surface area contributed by atoms with Gasteiger partial charge in [-0.2, -0.15) is 5.26 Å². The number of hydrogen-bond acceptors (Lipinski definition) is 5. The molecule has 3 rings (SSSR count). The lowest BCUT2D eigenvalue weighted by atomic mass is 9.83. The molecule has 2 N–H and O–H groups in total. The summed E-state index contributed by atoms with van der Waals surface area (Å²) in [5, 5.41) is 9.52. The molecule has 0 radical (unpaired) electrons. The SMILES string of the molecule is CC1=C(C(=O)OCc2ccccc2)[C@@H](c2cccc(F)c2)C(C#N)=C(N)O1. The number of carbonyl (C=O) groups excluding carboxylic acids is 1. The van der Waals surface area contributed by atoms with Crippen molar-refractivity contribution in [2.45, 2.75) is 19.4 Å². The topological polar surface area (TPSA) is 85.3 Å². The number of nitriles is 1. The molecule has 1 heterocycles. The van der Waals surface area contributed by atoms with Crippen molar-refractivity contribution in [2.24, 2.45) is 5.73 Å². The van der Waals surface area contributed by atoms with Crippen LogP contribution in [0.1, 0.15) is 24.0 Å². The van der Waals surface area contributed by atoms with Crippen LogP contribution >= 0.6 is 0 Å². The zero-order chi connectivity index (χ0) is 19.4. The van der Waals surface area contributed by atoms with E-state index in [9.17, 15) is 14.4 Å². The number of ether oxygens (including phenoxy) is 2. The zero-order valence-electron chi connectivity index (χ0n) is 14.6. The number of nitrogens with zero attached hydrogens (tertiary/aromatic N) is 1. The summed E-state index contributed by atoms with van der Waals surface area (Å²) in [6.07, 6.45) is 0. The van der Waals surface area contributed by atoms with Gasteiger partial charge in [-0.3, -0.25) is 0 Å². The molecule has 0 aliphatic carbocycles. The number of carbonyl (C=O) groups is 1. The van der Waals surface area contributed by atoms with Gasteiger partial charge < -0.3 is 15.2 Å². The molecule has 27 heavy (non-hydrogen) atoms. The average molecular weight is 364 g/mol. The highest BCUT2D eigenvalue weighted by Crippen LogP contribution is 2.39. The number of benzene rings is 2. The first-order valence-corrected chi connectivity index (χ1v) is 8.26. The summed E-state index contributed by atoms with van der Waals surface area (Å²) in [7, 11) is 0. The van der Waals surface area contributed by atoms with E-state index < -0.39 is 17.7 Å². The largest absolute Gasteiger partial charge is 0.457 e. The third-order valence-electron chi connectivity index (χ3n) is 4.22. The Labute approximate surface area is 156 Å². The Balaban J connectivity index is 1.96. The summed E-state index contributed by atoms with van der Waals surface area (Å²) < 4.78 is 24.5. The van der Waals surface area contributed by atoms with Crippen molar-refractivity contribution in [3.8, 4) is 6.07 Å². The molecule has 0 unspecified atom stereocenters. The predicted molar refractivity (Wildman–Crippen MR) is 96.0 cm³/mol. The second kappa shape index (κ2) is 7.75. The van der Waals surface area contributed by atoms with Crippen LogP contribution in [0.5, 0.6) is 0 Å². The van der Waals surface area contributed by atoms with Crippen LogP contribution in [-0.4, -0.2) is 5.97 Å². The minimum absolute atomic E-state index is 0.0397. The minimum atomic E-state index is -0.859. The van der Waals surface area contributed by atoms with E-state index in [0.29, 0.717) is 5.56 Å². The number of rotatable bonds is 4. The van der Waals surface area contributed by atoms with E-state index >= 15 is 0 Å². The van der Waals surface area contributed by atoms with Gasteiger partial charge in [0.05, 0.1) is 11.5 Å². The van der Waals surface area contributed by atoms with E-state index in [1.807, 2.05) is 36.4 Å². The molecule has 0 bridgehead atoms. The lowest BCUT2D eigenvalue weighted by molar-refractivity contribution is -0.140. The highest BCUT2D eigenvalue weighted by molar-refractivity contribution is 5.92. The van der Waals surface area contributed by atoms with Crippen molar-refractivity contribution in [3.63, 3.8) is 0 Å². The van der Waals surface area contributed by atoms with Gasteiger partial charge in [-0.1, -0.05) is 42.5 Å². The number of allylic oxidation sites excluding steroid dienone is 2. The minimum Gasteiger partial charge on any atom is -0.457 e. The Morgan fingerprint density at radius 2 is 2.00 bits per heavy atom. The second-order valence-corrected chi connectivity index (χ2v) is 6.01. The normalized spacial score (nSPS) is 16.6. The quantitative estimate of drug-likeness (QED) is 0.837. The third kappa shape index (κ3) is 3.82. The Kier molecular flexibility index (Phi) is 5.23. The van der Waals surface area contributed by atoms with E-state index in [2.05, 4.69) is 0 Å². The molecule has 1 aliphatic rings. The second-order valence-electron chi connectivity index (χ2n) is 6.01.